The van der Waals surface area contributed by atoms with Crippen molar-refractivity contribution in [3.63, 3.8) is 0 Å². The molecular formula is C16H21N3O3S. The molecule has 0 amide bonds. The third-order valence-electron chi connectivity index (χ3n) is 3.97. The first-order valence-corrected chi connectivity index (χ1v) is 9.18. The molecule has 0 unspecified atom stereocenters. The van der Waals surface area contributed by atoms with Crippen LogP contribution in [0.25, 0.3) is 0 Å². The van der Waals surface area contributed by atoms with Gasteiger partial charge in [-0.3, -0.25) is 0 Å². The number of imidazole rings is 1. The van der Waals surface area contributed by atoms with Crippen LogP contribution in [0.1, 0.15) is 12.7 Å². The average molecular weight is 335 g/mol. The Balaban J connectivity index is 1.91. The zero-order chi connectivity index (χ0) is 16.3. The van der Waals surface area contributed by atoms with Crippen molar-refractivity contribution < 1.29 is 13.2 Å². The molecule has 0 N–H and O–H groups in total. The molecule has 0 saturated carbocycles. The molecule has 0 radical (unpaired) electrons. The highest BCUT2D eigenvalue weighted by atomic mass is 32.2. The second kappa shape index (κ2) is 6.82. The highest BCUT2D eigenvalue weighted by Gasteiger charge is 2.31. The lowest BCUT2D eigenvalue weighted by Crippen LogP contribution is -2.35. The van der Waals surface area contributed by atoms with Gasteiger partial charge in [0.2, 0.25) is 10.0 Å². The summed E-state index contributed by atoms with van der Waals surface area (Å²) in [6.45, 7) is 4.54. The largest absolute Gasteiger partial charge is 0.381 e. The molecule has 0 fully saturated rings. The molecule has 1 aromatic heterocycles. The van der Waals surface area contributed by atoms with Crippen LogP contribution in [0, 0.1) is 5.92 Å². The first kappa shape index (κ1) is 16.2. The van der Waals surface area contributed by atoms with E-state index in [4.69, 9.17) is 4.74 Å². The molecule has 7 heteroatoms. The van der Waals surface area contributed by atoms with E-state index in [2.05, 4.69) is 4.98 Å². The Kier molecular flexibility index (Phi) is 4.79. The molecular weight excluding hydrogens is 314 g/mol. The molecule has 3 rings (SSSR count). The third-order valence-corrected chi connectivity index (χ3v) is 5.80. The summed E-state index contributed by atoms with van der Waals surface area (Å²) in [5, 5.41) is 0. The number of rotatable bonds is 5. The van der Waals surface area contributed by atoms with Gasteiger partial charge in [-0.1, -0.05) is 18.2 Å². The van der Waals surface area contributed by atoms with E-state index in [-0.39, 0.29) is 12.5 Å². The van der Waals surface area contributed by atoms with Gasteiger partial charge in [-0.15, -0.1) is 0 Å². The standard InChI is InChI=1S/C16H21N3O3S/c1-2-22-13-14-10-18-9-8-17-16(18)12-19(11-14)23(20,21)15-6-4-3-5-7-15/h3-9,14H,2,10-13H2,1H3/t14-/m1/s1. The molecule has 124 valence electrons. The first-order chi connectivity index (χ1) is 11.1. The number of nitrogens with zero attached hydrogens (tertiary/aromatic N) is 3. The van der Waals surface area contributed by atoms with Crippen LogP contribution in [0.2, 0.25) is 0 Å². The second-order valence-corrected chi connectivity index (χ2v) is 7.57. The van der Waals surface area contributed by atoms with Crippen LogP contribution < -0.4 is 0 Å². The predicted octanol–water partition coefficient (Wildman–Crippen LogP) is 1.74. The molecule has 1 aromatic carbocycles. The van der Waals surface area contributed by atoms with Crippen molar-refractivity contribution in [2.75, 3.05) is 19.8 Å². The number of aromatic nitrogens is 2. The molecule has 0 bridgehead atoms. The van der Waals surface area contributed by atoms with E-state index in [1.54, 1.807) is 30.5 Å². The van der Waals surface area contributed by atoms with E-state index < -0.39 is 10.0 Å². The maximum Gasteiger partial charge on any atom is 0.243 e. The Labute approximate surface area is 136 Å². The Morgan fingerprint density at radius 3 is 2.78 bits per heavy atom. The van der Waals surface area contributed by atoms with Crippen molar-refractivity contribution in [3.8, 4) is 0 Å². The van der Waals surface area contributed by atoms with Gasteiger partial charge < -0.3 is 9.30 Å². The molecule has 6 nitrogen and oxygen atoms in total. The summed E-state index contributed by atoms with van der Waals surface area (Å²) in [6.07, 6.45) is 3.61. The van der Waals surface area contributed by atoms with Gasteiger partial charge in [0.05, 0.1) is 18.0 Å². The number of hydrogen-bond acceptors (Lipinski definition) is 4. The molecule has 1 aliphatic heterocycles. The lowest BCUT2D eigenvalue weighted by Gasteiger charge is -2.23. The van der Waals surface area contributed by atoms with Gasteiger partial charge in [-0.25, -0.2) is 13.4 Å². The fourth-order valence-corrected chi connectivity index (χ4v) is 4.31. The van der Waals surface area contributed by atoms with Gasteiger partial charge >= 0.3 is 0 Å². The quantitative estimate of drug-likeness (QED) is 0.835. The van der Waals surface area contributed by atoms with Gasteiger partial charge in [0.1, 0.15) is 5.82 Å². The summed E-state index contributed by atoms with van der Waals surface area (Å²) in [6, 6.07) is 8.55. The van der Waals surface area contributed by atoms with E-state index in [0.29, 0.717) is 24.7 Å². The van der Waals surface area contributed by atoms with Crippen LogP contribution >= 0.6 is 0 Å². The van der Waals surface area contributed by atoms with Crippen LogP contribution in [0.3, 0.4) is 0 Å². The van der Waals surface area contributed by atoms with Crippen molar-refractivity contribution in [3.05, 3.63) is 48.5 Å². The number of ether oxygens (including phenoxy) is 1. The Morgan fingerprint density at radius 2 is 2.04 bits per heavy atom. The highest BCUT2D eigenvalue weighted by Crippen LogP contribution is 2.23. The Hall–Kier alpha value is -1.70. The molecule has 23 heavy (non-hydrogen) atoms. The lowest BCUT2D eigenvalue weighted by molar-refractivity contribution is 0.0978. The molecule has 0 spiro atoms. The van der Waals surface area contributed by atoms with Crippen molar-refractivity contribution >= 4 is 10.0 Å². The topological polar surface area (TPSA) is 64.4 Å². The average Bonchev–Trinajstić information content (AvgIpc) is 2.91. The summed E-state index contributed by atoms with van der Waals surface area (Å²) >= 11 is 0. The highest BCUT2D eigenvalue weighted by molar-refractivity contribution is 7.89. The molecule has 1 aliphatic rings. The van der Waals surface area contributed by atoms with Crippen LogP contribution in [0.15, 0.2) is 47.6 Å². The summed E-state index contributed by atoms with van der Waals surface area (Å²) in [7, 11) is -3.54. The van der Waals surface area contributed by atoms with Crippen LogP contribution in [0.4, 0.5) is 0 Å². The van der Waals surface area contributed by atoms with Gasteiger partial charge in [-0.2, -0.15) is 4.31 Å². The number of benzene rings is 1. The Morgan fingerprint density at radius 1 is 1.26 bits per heavy atom. The first-order valence-electron chi connectivity index (χ1n) is 7.74. The number of hydrogen-bond donors (Lipinski definition) is 0. The van der Waals surface area contributed by atoms with Gasteiger partial charge in [0, 0.05) is 38.0 Å². The van der Waals surface area contributed by atoms with Crippen LogP contribution in [-0.2, 0) is 27.8 Å². The van der Waals surface area contributed by atoms with E-state index in [0.717, 1.165) is 12.4 Å². The Bertz CT molecular complexity index is 743. The number of sulfonamides is 1. The maximum absolute atomic E-state index is 12.9. The van der Waals surface area contributed by atoms with Crippen molar-refractivity contribution in [1.82, 2.24) is 13.9 Å². The fourth-order valence-electron chi connectivity index (χ4n) is 2.82. The smallest absolute Gasteiger partial charge is 0.243 e. The van der Waals surface area contributed by atoms with Gasteiger partial charge in [-0.05, 0) is 19.1 Å². The van der Waals surface area contributed by atoms with Gasteiger partial charge in [0.15, 0.2) is 0 Å². The summed E-state index contributed by atoms with van der Waals surface area (Å²) < 4.78 is 34.9. The van der Waals surface area contributed by atoms with E-state index in [1.165, 1.54) is 4.31 Å². The zero-order valence-electron chi connectivity index (χ0n) is 13.1. The SMILES string of the molecule is CCOC[C@H]1CN(S(=O)(=O)c2ccccc2)Cc2nccn2C1. The van der Waals surface area contributed by atoms with E-state index in [9.17, 15) is 8.42 Å². The molecule has 0 saturated heterocycles. The van der Waals surface area contributed by atoms with Gasteiger partial charge in [0.25, 0.3) is 0 Å². The third kappa shape index (κ3) is 3.46. The zero-order valence-corrected chi connectivity index (χ0v) is 13.9. The van der Waals surface area contributed by atoms with Crippen molar-refractivity contribution in [2.24, 2.45) is 5.92 Å². The summed E-state index contributed by atoms with van der Waals surface area (Å²) in [5.41, 5.74) is 0. The van der Waals surface area contributed by atoms with E-state index in [1.807, 2.05) is 23.8 Å². The minimum Gasteiger partial charge on any atom is -0.381 e. The minimum absolute atomic E-state index is 0.101. The second-order valence-electron chi connectivity index (χ2n) is 5.63. The lowest BCUT2D eigenvalue weighted by atomic mass is 10.1. The minimum atomic E-state index is -3.54. The van der Waals surface area contributed by atoms with Crippen molar-refractivity contribution in [2.45, 2.75) is 24.9 Å². The molecule has 2 heterocycles. The van der Waals surface area contributed by atoms with Crippen LogP contribution in [-0.4, -0.2) is 42.0 Å². The molecule has 0 aliphatic carbocycles. The predicted molar refractivity (Wildman–Crippen MR) is 86.2 cm³/mol. The molecule has 1 atom stereocenters. The normalized spacial score (nSPS) is 19.3. The maximum atomic E-state index is 12.9. The molecule has 2 aromatic rings. The number of fused-ring (bicyclic) bond motifs is 1. The monoisotopic (exact) mass is 335 g/mol. The summed E-state index contributed by atoms with van der Waals surface area (Å²) in [5.74, 6) is 0.868. The van der Waals surface area contributed by atoms with Crippen molar-refractivity contribution in [1.29, 1.82) is 0 Å². The summed E-state index contributed by atoms with van der Waals surface area (Å²) in [4.78, 5) is 4.62. The van der Waals surface area contributed by atoms with E-state index >= 15 is 0 Å². The van der Waals surface area contributed by atoms with Crippen LogP contribution in [0.5, 0.6) is 0 Å². The fraction of sp³-hybridized carbons (Fsp3) is 0.438.